The van der Waals surface area contributed by atoms with Crippen LogP contribution in [0.1, 0.15) is 52.0 Å². The van der Waals surface area contributed by atoms with Crippen molar-refractivity contribution < 1.29 is 4.79 Å². The van der Waals surface area contributed by atoms with Crippen LogP contribution in [-0.2, 0) is 0 Å². The van der Waals surface area contributed by atoms with E-state index in [0.717, 1.165) is 47.7 Å². The highest BCUT2D eigenvalue weighted by molar-refractivity contribution is 5.96. The van der Waals surface area contributed by atoms with Crippen LogP contribution in [0.25, 0.3) is 0 Å². The van der Waals surface area contributed by atoms with Crippen LogP contribution in [0, 0.1) is 27.7 Å². The maximum atomic E-state index is 12.9. The van der Waals surface area contributed by atoms with E-state index in [0.29, 0.717) is 6.54 Å². The quantitative estimate of drug-likeness (QED) is 0.856. The van der Waals surface area contributed by atoms with Gasteiger partial charge in [0.25, 0.3) is 5.91 Å². The lowest BCUT2D eigenvalue weighted by molar-refractivity contribution is 0.0670. The van der Waals surface area contributed by atoms with E-state index in [-0.39, 0.29) is 11.9 Å². The third kappa shape index (κ3) is 3.00. The molecule has 0 bridgehead atoms. The summed E-state index contributed by atoms with van der Waals surface area (Å²) in [5.41, 5.74) is 3.05. The number of piperidine rings is 1. The van der Waals surface area contributed by atoms with Crippen molar-refractivity contribution in [3.63, 3.8) is 0 Å². The SMILES string of the molecule is Cc1nc(C)n([C@@H]2CCCN(C(=O)c3cccc(C)c3C)C2)n1. The molecule has 1 aromatic heterocycles. The predicted octanol–water partition coefficient (Wildman–Crippen LogP) is 2.99. The summed E-state index contributed by atoms with van der Waals surface area (Å²) in [7, 11) is 0. The summed E-state index contributed by atoms with van der Waals surface area (Å²) in [6, 6.07) is 6.16. The number of aryl methyl sites for hydroxylation is 3. The van der Waals surface area contributed by atoms with Gasteiger partial charge in [0.05, 0.1) is 6.04 Å². The first-order chi connectivity index (χ1) is 11.0. The molecule has 122 valence electrons. The Hall–Kier alpha value is -2.17. The summed E-state index contributed by atoms with van der Waals surface area (Å²) in [4.78, 5) is 19.3. The minimum Gasteiger partial charge on any atom is -0.336 e. The predicted molar refractivity (Wildman–Crippen MR) is 89.6 cm³/mol. The van der Waals surface area contributed by atoms with Crippen molar-refractivity contribution in [1.29, 1.82) is 0 Å². The van der Waals surface area contributed by atoms with Crippen LogP contribution in [-0.4, -0.2) is 38.7 Å². The molecule has 0 radical (unpaired) electrons. The second kappa shape index (κ2) is 6.14. The zero-order chi connectivity index (χ0) is 16.6. The van der Waals surface area contributed by atoms with Crippen molar-refractivity contribution in [2.75, 3.05) is 13.1 Å². The van der Waals surface area contributed by atoms with E-state index in [4.69, 9.17) is 0 Å². The Morgan fingerprint density at radius 1 is 1.22 bits per heavy atom. The van der Waals surface area contributed by atoms with Gasteiger partial charge in [0.1, 0.15) is 11.6 Å². The molecule has 2 heterocycles. The zero-order valence-corrected chi connectivity index (χ0v) is 14.3. The van der Waals surface area contributed by atoms with Gasteiger partial charge < -0.3 is 4.90 Å². The maximum Gasteiger partial charge on any atom is 0.254 e. The van der Waals surface area contributed by atoms with Crippen LogP contribution in [0.3, 0.4) is 0 Å². The molecule has 1 aliphatic heterocycles. The van der Waals surface area contributed by atoms with Crippen LogP contribution in [0.4, 0.5) is 0 Å². The molecular weight excluding hydrogens is 288 g/mol. The van der Waals surface area contributed by atoms with E-state index in [1.807, 2.05) is 55.5 Å². The third-order valence-electron chi connectivity index (χ3n) is 4.77. The Morgan fingerprint density at radius 2 is 2.00 bits per heavy atom. The fraction of sp³-hybridized carbons (Fsp3) is 0.500. The molecule has 1 saturated heterocycles. The zero-order valence-electron chi connectivity index (χ0n) is 14.3. The molecule has 1 atom stereocenters. The molecule has 1 aliphatic rings. The lowest BCUT2D eigenvalue weighted by Crippen LogP contribution is -2.41. The van der Waals surface area contributed by atoms with Gasteiger partial charge in [0.2, 0.25) is 0 Å². The molecule has 1 fully saturated rings. The first-order valence-corrected chi connectivity index (χ1v) is 8.22. The van der Waals surface area contributed by atoms with E-state index >= 15 is 0 Å². The maximum absolute atomic E-state index is 12.9. The standard InChI is InChI=1S/C18H24N4O/c1-12-7-5-9-17(13(12)2)18(23)21-10-6-8-16(11-21)22-15(4)19-14(3)20-22/h5,7,9,16H,6,8,10-11H2,1-4H3/t16-/m1/s1. The molecule has 0 unspecified atom stereocenters. The van der Waals surface area contributed by atoms with Gasteiger partial charge in [-0.1, -0.05) is 12.1 Å². The van der Waals surface area contributed by atoms with Crippen molar-refractivity contribution in [1.82, 2.24) is 19.7 Å². The number of aromatic nitrogens is 3. The fourth-order valence-electron chi connectivity index (χ4n) is 3.37. The highest BCUT2D eigenvalue weighted by Gasteiger charge is 2.27. The topological polar surface area (TPSA) is 51.0 Å². The highest BCUT2D eigenvalue weighted by Crippen LogP contribution is 2.24. The van der Waals surface area contributed by atoms with E-state index in [1.165, 1.54) is 0 Å². The molecule has 2 aromatic rings. The first-order valence-electron chi connectivity index (χ1n) is 8.22. The molecule has 3 rings (SSSR count). The van der Waals surface area contributed by atoms with Crippen LogP contribution in [0.15, 0.2) is 18.2 Å². The largest absolute Gasteiger partial charge is 0.336 e. The van der Waals surface area contributed by atoms with Gasteiger partial charge in [0, 0.05) is 18.7 Å². The number of hydrogen-bond acceptors (Lipinski definition) is 3. The lowest BCUT2D eigenvalue weighted by Gasteiger charge is -2.33. The number of likely N-dealkylation sites (tertiary alicyclic amines) is 1. The van der Waals surface area contributed by atoms with E-state index in [2.05, 4.69) is 10.1 Å². The average Bonchev–Trinajstić information content (AvgIpc) is 2.88. The second-order valence-electron chi connectivity index (χ2n) is 6.45. The number of carbonyl (C=O) groups excluding carboxylic acids is 1. The molecule has 5 heteroatoms. The molecule has 0 spiro atoms. The lowest BCUT2D eigenvalue weighted by atomic mass is 10.00. The van der Waals surface area contributed by atoms with Crippen LogP contribution in [0.2, 0.25) is 0 Å². The van der Waals surface area contributed by atoms with Crippen molar-refractivity contribution >= 4 is 5.91 Å². The number of rotatable bonds is 2. The summed E-state index contributed by atoms with van der Waals surface area (Å²) >= 11 is 0. The average molecular weight is 312 g/mol. The molecule has 0 N–H and O–H groups in total. The van der Waals surface area contributed by atoms with Crippen molar-refractivity contribution in [3.05, 3.63) is 46.5 Å². The first kappa shape index (κ1) is 15.7. The molecule has 1 amide bonds. The molecule has 0 saturated carbocycles. The van der Waals surface area contributed by atoms with Crippen LogP contribution in [0.5, 0.6) is 0 Å². The Balaban J connectivity index is 1.82. The molecule has 23 heavy (non-hydrogen) atoms. The Labute approximate surface area is 137 Å². The van der Waals surface area contributed by atoms with Crippen LogP contribution < -0.4 is 0 Å². The fourth-order valence-corrected chi connectivity index (χ4v) is 3.37. The summed E-state index contributed by atoms with van der Waals surface area (Å²) in [5.74, 6) is 1.85. The Bertz CT molecular complexity index is 735. The van der Waals surface area contributed by atoms with Gasteiger partial charge in [-0.3, -0.25) is 4.79 Å². The monoisotopic (exact) mass is 312 g/mol. The Morgan fingerprint density at radius 3 is 2.70 bits per heavy atom. The van der Waals surface area contributed by atoms with Crippen molar-refractivity contribution in [2.45, 2.75) is 46.6 Å². The van der Waals surface area contributed by atoms with Gasteiger partial charge in [-0.2, -0.15) is 5.10 Å². The van der Waals surface area contributed by atoms with Crippen molar-refractivity contribution in [3.8, 4) is 0 Å². The number of carbonyl (C=O) groups is 1. The Kier molecular flexibility index (Phi) is 4.20. The van der Waals surface area contributed by atoms with Gasteiger partial charge in [-0.05, 0) is 57.7 Å². The summed E-state index contributed by atoms with van der Waals surface area (Å²) in [5, 5.41) is 4.50. The van der Waals surface area contributed by atoms with Gasteiger partial charge in [-0.15, -0.1) is 0 Å². The van der Waals surface area contributed by atoms with Crippen LogP contribution >= 0.6 is 0 Å². The third-order valence-corrected chi connectivity index (χ3v) is 4.77. The minimum atomic E-state index is 0.130. The molecular formula is C18H24N4O. The summed E-state index contributed by atoms with van der Waals surface area (Å²) in [6.07, 6.45) is 2.04. The number of amides is 1. The summed E-state index contributed by atoms with van der Waals surface area (Å²) in [6.45, 7) is 9.48. The smallest absolute Gasteiger partial charge is 0.254 e. The molecule has 0 aliphatic carbocycles. The van der Waals surface area contributed by atoms with Gasteiger partial charge in [0.15, 0.2) is 0 Å². The number of nitrogens with zero attached hydrogens (tertiary/aromatic N) is 4. The highest BCUT2D eigenvalue weighted by atomic mass is 16.2. The van der Waals surface area contributed by atoms with Crippen molar-refractivity contribution in [2.24, 2.45) is 0 Å². The van der Waals surface area contributed by atoms with Gasteiger partial charge >= 0.3 is 0 Å². The molecule has 1 aromatic carbocycles. The minimum absolute atomic E-state index is 0.130. The number of benzene rings is 1. The van der Waals surface area contributed by atoms with E-state index < -0.39 is 0 Å². The van der Waals surface area contributed by atoms with E-state index in [1.54, 1.807) is 0 Å². The summed E-state index contributed by atoms with van der Waals surface area (Å²) < 4.78 is 1.98. The second-order valence-corrected chi connectivity index (χ2v) is 6.45. The normalized spacial score (nSPS) is 18.3. The van der Waals surface area contributed by atoms with Gasteiger partial charge in [-0.25, -0.2) is 9.67 Å². The number of hydrogen-bond donors (Lipinski definition) is 0. The van der Waals surface area contributed by atoms with E-state index in [9.17, 15) is 4.79 Å². The molecule has 5 nitrogen and oxygen atoms in total.